The number of amides is 1. The number of nitrogens with zero attached hydrogens (tertiary/aromatic N) is 2. The summed E-state index contributed by atoms with van der Waals surface area (Å²) in [5, 5.41) is 4.20. The number of rotatable bonds is 8. The van der Waals surface area contributed by atoms with Gasteiger partial charge in [0.15, 0.2) is 0 Å². The van der Waals surface area contributed by atoms with Crippen LogP contribution in [0.3, 0.4) is 0 Å². The van der Waals surface area contributed by atoms with Crippen LogP contribution in [0.2, 0.25) is 0 Å². The second-order valence-electron chi connectivity index (χ2n) is 7.01. The minimum atomic E-state index is 0.174. The topological polar surface area (TPSA) is 45.2 Å². The fourth-order valence-electron chi connectivity index (χ4n) is 3.52. The SMILES string of the molecule is CC1CCCCN1CCCNC(=O)CCCc1nc2ccccc2s1. The number of carbonyl (C=O) groups is 1. The van der Waals surface area contributed by atoms with Gasteiger partial charge in [0.1, 0.15) is 0 Å². The van der Waals surface area contributed by atoms with Crippen LogP contribution in [0.5, 0.6) is 0 Å². The number of hydrogen-bond acceptors (Lipinski definition) is 4. The number of carbonyl (C=O) groups excluding carboxylic acids is 1. The van der Waals surface area contributed by atoms with Gasteiger partial charge in [-0.05, 0) is 57.7 Å². The first-order chi connectivity index (χ1) is 12.2. The molecule has 1 aliphatic heterocycles. The lowest BCUT2D eigenvalue weighted by molar-refractivity contribution is -0.121. The number of hydrogen-bond donors (Lipinski definition) is 1. The number of para-hydroxylation sites is 1. The van der Waals surface area contributed by atoms with Crippen LogP contribution in [0.4, 0.5) is 0 Å². The van der Waals surface area contributed by atoms with Gasteiger partial charge >= 0.3 is 0 Å². The summed E-state index contributed by atoms with van der Waals surface area (Å²) in [7, 11) is 0. The van der Waals surface area contributed by atoms with Crippen LogP contribution < -0.4 is 5.32 Å². The van der Waals surface area contributed by atoms with E-state index in [1.54, 1.807) is 11.3 Å². The summed E-state index contributed by atoms with van der Waals surface area (Å²) in [4.78, 5) is 19.2. The smallest absolute Gasteiger partial charge is 0.220 e. The molecule has 0 radical (unpaired) electrons. The largest absolute Gasteiger partial charge is 0.356 e. The van der Waals surface area contributed by atoms with Crippen molar-refractivity contribution in [2.24, 2.45) is 0 Å². The van der Waals surface area contributed by atoms with Gasteiger partial charge in [0, 0.05) is 25.6 Å². The minimum absolute atomic E-state index is 0.174. The van der Waals surface area contributed by atoms with E-state index in [1.807, 2.05) is 18.2 Å². The molecule has 1 aromatic heterocycles. The molecule has 136 valence electrons. The lowest BCUT2D eigenvalue weighted by atomic mass is 10.0. The Labute approximate surface area is 154 Å². The molecule has 3 rings (SSSR count). The molecule has 0 bridgehead atoms. The summed E-state index contributed by atoms with van der Waals surface area (Å²) in [5.41, 5.74) is 1.07. The summed E-state index contributed by atoms with van der Waals surface area (Å²) in [6.07, 6.45) is 7.40. The lowest BCUT2D eigenvalue weighted by Gasteiger charge is -2.33. The molecule has 1 amide bonds. The minimum Gasteiger partial charge on any atom is -0.356 e. The Bertz CT molecular complexity index is 651. The van der Waals surface area contributed by atoms with Crippen molar-refractivity contribution in [2.45, 2.75) is 57.9 Å². The Balaban J connectivity index is 1.29. The van der Waals surface area contributed by atoms with Crippen LogP contribution in [-0.2, 0) is 11.2 Å². The van der Waals surface area contributed by atoms with Crippen LogP contribution >= 0.6 is 11.3 Å². The zero-order chi connectivity index (χ0) is 17.5. The normalized spacial score (nSPS) is 18.5. The fraction of sp³-hybridized carbons (Fsp3) is 0.600. The van der Waals surface area contributed by atoms with Crippen LogP contribution in [0.1, 0.15) is 50.5 Å². The van der Waals surface area contributed by atoms with Crippen molar-refractivity contribution >= 4 is 27.5 Å². The third kappa shape index (κ3) is 5.51. The molecular formula is C20H29N3OS. The highest BCUT2D eigenvalue weighted by atomic mass is 32.1. The first-order valence-corrected chi connectivity index (χ1v) is 10.4. The molecule has 1 aliphatic rings. The van der Waals surface area contributed by atoms with Gasteiger partial charge in [-0.25, -0.2) is 4.98 Å². The number of likely N-dealkylation sites (tertiary alicyclic amines) is 1. The molecule has 1 N–H and O–H groups in total. The molecular weight excluding hydrogens is 330 g/mol. The molecule has 0 aliphatic carbocycles. The predicted molar refractivity (Wildman–Crippen MR) is 105 cm³/mol. The molecule has 2 heterocycles. The number of nitrogens with one attached hydrogen (secondary N) is 1. The number of fused-ring (bicyclic) bond motifs is 1. The van der Waals surface area contributed by atoms with Crippen molar-refractivity contribution in [3.63, 3.8) is 0 Å². The summed E-state index contributed by atoms with van der Waals surface area (Å²) >= 11 is 1.74. The van der Waals surface area contributed by atoms with E-state index in [0.29, 0.717) is 12.5 Å². The van der Waals surface area contributed by atoms with E-state index >= 15 is 0 Å². The third-order valence-electron chi connectivity index (χ3n) is 5.02. The fourth-order valence-corrected chi connectivity index (χ4v) is 4.52. The Kier molecular flexibility index (Phi) is 6.82. The van der Waals surface area contributed by atoms with Gasteiger partial charge < -0.3 is 10.2 Å². The summed E-state index contributed by atoms with van der Waals surface area (Å²) < 4.78 is 1.23. The van der Waals surface area contributed by atoms with Gasteiger partial charge in [-0.15, -0.1) is 11.3 Å². The Morgan fingerprint density at radius 3 is 3.04 bits per heavy atom. The molecule has 1 unspecified atom stereocenters. The van der Waals surface area contributed by atoms with Crippen molar-refractivity contribution in [3.8, 4) is 0 Å². The lowest BCUT2D eigenvalue weighted by Crippen LogP contribution is -2.39. The van der Waals surface area contributed by atoms with E-state index in [-0.39, 0.29) is 5.91 Å². The second kappa shape index (κ2) is 9.30. The first-order valence-electron chi connectivity index (χ1n) is 9.57. The number of benzene rings is 1. The van der Waals surface area contributed by atoms with Crippen LogP contribution in [0, 0.1) is 0 Å². The van der Waals surface area contributed by atoms with Gasteiger partial charge in [0.05, 0.1) is 15.2 Å². The zero-order valence-corrected chi connectivity index (χ0v) is 16.0. The van der Waals surface area contributed by atoms with Crippen LogP contribution in [0.25, 0.3) is 10.2 Å². The molecule has 1 atom stereocenters. The standard InChI is InChI=1S/C20H29N3OS/c1-16-8-4-5-14-23(16)15-7-13-21-19(24)11-6-12-20-22-17-9-2-3-10-18(17)25-20/h2-3,9-10,16H,4-8,11-15H2,1H3,(H,21,24). The maximum absolute atomic E-state index is 12.0. The highest BCUT2D eigenvalue weighted by Gasteiger charge is 2.17. The highest BCUT2D eigenvalue weighted by molar-refractivity contribution is 7.18. The van der Waals surface area contributed by atoms with Gasteiger partial charge in [-0.3, -0.25) is 4.79 Å². The molecule has 0 saturated carbocycles. The Morgan fingerprint density at radius 2 is 2.20 bits per heavy atom. The van der Waals surface area contributed by atoms with Crippen molar-refractivity contribution in [1.29, 1.82) is 0 Å². The van der Waals surface area contributed by atoms with Gasteiger partial charge in [-0.1, -0.05) is 18.6 Å². The zero-order valence-electron chi connectivity index (χ0n) is 15.2. The average Bonchev–Trinajstić information content (AvgIpc) is 3.03. The van der Waals surface area contributed by atoms with Crippen molar-refractivity contribution in [3.05, 3.63) is 29.3 Å². The molecule has 1 aromatic carbocycles. The van der Waals surface area contributed by atoms with E-state index < -0.39 is 0 Å². The van der Waals surface area contributed by atoms with Crippen molar-refractivity contribution in [2.75, 3.05) is 19.6 Å². The molecule has 25 heavy (non-hydrogen) atoms. The van der Waals surface area contributed by atoms with Crippen LogP contribution in [0.15, 0.2) is 24.3 Å². The molecule has 1 fully saturated rings. The summed E-state index contributed by atoms with van der Waals surface area (Å²) in [6.45, 7) is 5.44. The van der Waals surface area contributed by atoms with E-state index in [4.69, 9.17) is 0 Å². The Hall–Kier alpha value is -1.46. The number of piperidine rings is 1. The predicted octanol–water partition coefficient (Wildman–Crippen LogP) is 4.00. The first kappa shape index (κ1) is 18.3. The number of thiazole rings is 1. The van der Waals surface area contributed by atoms with Crippen LogP contribution in [-0.4, -0.2) is 41.5 Å². The second-order valence-corrected chi connectivity index (χ2v) is 8.13. The van der Waals surface area contributed by atoms with E-state index in [9.17, 15) is 4.79 Å². The highest BCUT2D eigenvalue weighted by Crippen LogP contribution is 2.22. The number of aromatic nitrogens is 1. The van der Waals surface area contributed by atoms with Crippen molar-refractivity contribution in [1.82, 2.24) is 15.2 Å². The molecule has 1 saturated heterocycles. The van der Waals surface area contributed by atoms with E-state index in [1.165, 1.54) is 30.5 Å². The molecule has 5 heteroatoms. The number of aryl methyl sites for hydroxylation is 1. The van der Waals surface area contributed by atoms with E-state index in [2.05, 4.69) is 28.2 Å². The molecule has 2 aromatic rings. The monoisotopic (exact) mass is 359 g/mol. The maximum atomic E-state index is 12.0. The summed E-state index contributed by atoms with van der Waals surface area (Å²) in [6, 6.07) is 8.92. The van der Waals surface area contributed by atoms with Gasteiger partial charge in [0.25, 0.3) is 0 Å². The average molecular weight is 360 g/mol. The summed E-state index contributed by atoms with van der Waals surface area (Å²) in [5.74, 6) is 0.174. The Morgan fingerprint density at radius 1 is 1.32 bits per heavy atom. The van der Waals surface area contributed by atoms with E-state index in [0.717, 1.165) is 42.9 Å². The van der Waals surface area contributed by atoms with Gasteiger partial charge in [-0.2, -0.15) is 0 Å². The van der Waals surface area contributed by atoms with Gasteiger partial charge in [0.2, 0.25) is 5.91 Å². The quantitative estimate of drug-likeness (QED) is 0.725. The third-order valence-corrected chi connectivity index (χ3v) is 6.11. The molecule has 0 spiro atoms. The molecule has 4 nitrogen and oxygen atoms in total. The maximum Gasteiger partial charge on any atom is 0.220 e. The van der Waals surface area contributed by atoms with Crippen molar-refractivity contribution < 1.29 is 4.79 Å².